The summed E-state index contributed by atoms with van der Waals surface area (Å²) in [6.07, 6.45) is 3.25. The van der Waals surface area contributed by atoms with E-state index in [1.807, 2.05) is 6.07 Å². The second kappa shape index (κ2) is 5.88. The molecule has 1 N–H and O–H groups in total. The lowest BCUT2D eigenvalue weighted by Gasteiger charge is -2.24. The van der Waals surface area contributed by atoms with Crippen molar-refractivity contribution in [3.8, 4) is 11.5 Å². The van der Waals surface area contributed by atoms with Crippen LogP contribution >= 0.6 is 0 Å². The van der Waals surface area contributed by atoms with Crippen LogP contribution in [0.3, 0.4) is 0 Å². The Bertz CT molecular complexity index is 470. The number of ether oxygens (including phenoxy) is 2. The second-order valence-corrected chi connectivity index (χ2v) is 4.54. The first kappa shape index (κ1) is 13.6. The van der Waals surface area contributed by atoms with Gasteiger partial charge in [-0.2, -0.15) is 0 Å². The van der Waals surface area contributed by atoms with Crippen molar-refractivity contribution in [3.05, 3.63) is 27.8 Å². The molecule has 0 spiro atoms. The minimum absolute atomic E-state index is 0.0516. The van der Waals surface area contributed by atoms with Crippen molar-refractivity contribution in [2.45, 2.75) is 25.3 Å². The van der Waals surface area contributed by atoms with Gasteiger partial charge in [0.25, 0.3) is 0 Å². The van der Waals surface area contributed by atoms with Crippen molar-refractivity contribution >= 4 is 5.69 Å². The van der Waals surface area contributed by atoms with E-state index in [0.29, 0.717) is 5.75 Å². The monoisotopic (exact) mass is 266 g/mol. The van der Waals surface area contributed by atoms with Crippen LogP contribution in [0.25, 0.3) is 0 Å². The summed E-state index contributed by atoms with van der Waals surface area (Å²) in [5.74, 6) is 0.575. The molecule has 2 rings (SSSR count). The lowest BCUT2D eigenvalue weighted by Crippen LogP contribution is -2.26. The predicted molar refractivity (Wildman–Crippen MR) is 70.8 cm³/mol. The van der Waals surface area contributed by atoms with Gasteiger partial charge in [-0.25, -0.2) is 0 Å². The van der Waals surface area contributed by atoms with Crippen molar-refractivity contribution in [2.24, 2.45) is 0 Å². The highest BCUT2D eigenvalue weighted by molar-refractivity contribution is 5.58. The summed E-state index contributed by atoms with van der Waals surface area (Å²) in [4.78, 5) is 10.7. The quantitative estimate of drug-likeness (QED) is 0.669. The van der Waals surface area contributed by atoms with E-state index in [2.05, 4.69) is 5.32 Å². The first-order valence-corrected chi connectivity index (χ1v) is 6.31. The number of hydrogen-bond donors (Lipinski definition) is 1. The molecule has 1 heterocycles. The molecule has 1 aliphatic heterocycles. The molecule has 0 aliphatic carbocycles. The molecule has 1 aromatic carbocycles. The van der Waals surface area contributed by atoms with E-state index in [-0.39, 0.29) is 17.5 Å². The van der Waals surface area contributed by atoms with Crippen LogP contribution in [-0.2, 0) is 0 Å². The predicted octanol–water partition coefficient (Wildman–Crippen LogP) is 2.43. The Labute approximate surface area is 111 Å². The van der Waals surface area contributed by atoms with Crippen LogP contribution in [-0.4, -0.2) is 25.7 Å². The topological polar surface area (TPSA) is 73.6 Å². The molecule has 1 fully saturated rings. The molecule has 19 heavy (non-hydrogen) atoms. The minimum Gasteiger partial charge on any atom is -0.493 e. The third-order valence-corrected chi connectivity index (χ3v) is 3.39. The van der Waals surface area contributed by atoms with Crippen molar-refractivity contribution < 1.29 is 14.4 Å². The molecule has 6 heteroatoms. The third kappa shape index (κ3) is 2.78. The second-order valence-electron chi connectivity index (χ2n) is 4.54. The number of piperidine rings is 1. The molecule has 104 valence electrons. The van der Waals surface area contributed by atoms with Crippen molar-refractivity contribution in [1.29, 1.82) is 0 Å². The highest BCUT2D eigenvalue weighted by Crippen LogP contribution is 2.40. The molecule has 1 unspecified atom stereocenters. The average molecular weight is 266 g/mol. The Kier molecular flexibility index (Phi) is 4.21. The number of nitro benzene ring substituents is 1. The van der Waals surface area contributed by atoms with Gasteiger partial charge in [0, 0.05) is 12.1 Å². The number of nitro groups is 1. The summed E-state index contributed by atoms with van der Waals surface area (Å²) in [6, 6.07) is 3.53. The lowest BCUT2D eigenvalue weighted by atomic mass is 9.96. The van der Waals surface area contributed by atoms with Crippen molar-refractivity contribution in [1.82, 2.24) is 5.32 Å². The zero-order valence-corrected chi connectivity index (χ0v) is 11.1. The number of methoxy groups -OCH3 is 2. The standard InChI is InChI=1S/C13H18N2O4/c1-18-12-8-9(10-5-3-4-6-14-10)7-11(15(16)17)13(12)19-2/h7-8,10,14H,3-6H2,1-2H3. The highest BCUT2D eigenvalue weighted by atomic mass is 16.6. The Balaban J connectivity index is 2.44. The Morgan fingerprint density at radius 2 is 2.11 bits per heavy atom. The van der Waals surface area contributed by atoms with Gasteiger partial charge < -0.3 is 14.8 Å². The van der Waals surface area contributed by atoms with Crippen LogP contribution in [0.15, 0.2) is 12.1 Å². The summed E-state index contributed by atoms with van der Waals surface area (Å²) in [5.41, 5.74) is 0.827. The number of nitrogens with one attached hydrogen (secondary N) is 1. The van der Waals surface area contributed by atoms with Gasteiger partial charge in [0.1, 0.15) is 0 Å². The fourth-order valence-electron chi connectivity index (χ4n) is 2.44. The van der Waals surface area contributed by atoms with Gasteiger partial charge >= 0.3 is 5.69 Å². The van der Waals surface area contributed by atoms with Crippen molar-refractivity contribution in [3.63, 3.8) is 0 Å². The van der Waals surface area contributed by atoms with Crippen LogP contribution < -0.4 is 14.8 Å². The zero-order chi connectivity index (χ0) is 13.8. The Morgan fingerprint density at radius 3 is 2.63 bits per heavy atom. The number of rotatable bonds is 4. The van der Waals surface area contributed by atoms with Crippen molar-refractivity contribution in [2.75, 3.05) is 20.8 Å². The summed E-state index contributed by atoms with van der Waals surface area (Å²) >= 11 is 0. The minimum atomic E-state index is -0.437. The molecule has 0 saturated carbocycles. The highest BCUT2D eigenvalue weighted by Gasteiger charge is 2.25. The fourth-order valence-corrected chi connectivity index (χ4v) is 2.44. The number of nitrogens with zero attached hydrogens (tertiary/aromatic N) is 1. The van der Waals surface area contributed by atoms with E-state index in [1.165, 1.54) is 14.2 Å². The molecule has 0 amide bonds. The van der Waals surface area contributed by atoms with E-state index >= 15 is 0 Å². The Hall–Kier alpha value is -1.82. The molecular weight excluding hydrogens is 248 g/mol. The molecule has 6 nitrogen and oxygen atoms in total. The van der Waals surface area contributed by atoms with Gasteiger partial charge in [0.05, 0.1) is 19.1 Å². The smallest absolute Gasteiger partial charge is 0.315 e. The van der Waals surface area contributed by atoms with Crippen LogP contribution in [0.1, 0.15) is 30.9 Å². The summed E-state index contributed by atoms with van der Waals surface area (Å²) in [7, 11) is 2.89. The molecule has 1 atom stereocenters. The molecule has 1 aromatic rings. The van der Waals surface area contributed by atoms with E-state index in [0.717, 1.165) is 31.4 Å². The Morgan fingerprint density at radius 1 is 1.32 bits per heavy atom. The normalized spacial score (nSPS) is 18.9. The molecular formula is C13H18N2O4. The first-order chi connectivity index (χ1) is 9.17. The summed E-state index contributed by atoms with van der Waals surface area (Å²) < 4.78 is 10.3. The van der Waals surface area contributed by atoms with E-state index in [1.54, 1.807) is 6.07 Å². The maximum Gasteiger partial charge on any atom is 0.315 e. The zero-order valence-electron chi connectivity index (χ0n) is 11.1. The van der Waals surface area contributed by atoms with Crippen LogP contribution in [0.5, 0.6) is 11.5 Å². The van der Waals surface area contributed by atoms with Crippen LogP contribution in [0.2, 0.25) is 0 Å². The van der Waals surface area contributed by atoms with E-state index in [9.17, 15) is 10.1 Å². The molecule has 1 saturated heterocycles. The van der Waals surface area contributed by atoms with Gasteiger partial charge in [0.2, 0.25) is 5.75 Å². The van der Waals surface area contributed by atoms with E-state index in [4.69, 9.17) is 9.47 Å². The first-order valence-electron chi connectivity index (χ1n) is 6.31. The molecule has 0 bridgehead atoms. The SMILES string of the molecule is COc1cc(C2CCCCN2)cc([N+](=O)[O-])c1OC. The van der Waals surface area contributed by atoms with E-state index < -0.39 is 4.92 Å². The number of benzene rings is 1. The van der Waals surface area contributed by atoms with Gasteiger partial charge in [-0.3, -0.25) is 10.1 Å². The largest absolute Gasteiger partial charge is 0.493 e. The van der Waals surface area contributed by atoms with Gasteiger partial charge in [-0.15, -0.1) is 0 Å². The van der Waals surface area contributed by atoms with Crippen LogP contribution in [0.4, 0.5) is 5.69 Å². The molecule has 1 aliphatic rings. The summed E-state index contributed by atoms with van der Waals surface area (Å²) in [5, 5.41) is 14.5. The summed E-state index contributed by atoms with van der Waals surface area (Å²) in [6.45, 7) is 0.937. The average Bonchev–Trinajstić information content (AvgIpc) is 2.46. The number of hydrogen-bond acceptors (Lipinski definition) is 5. The molecule has 0 aromatic heterocycles. The van der Waals surface area contributed by atoms with Gasteiger partial charge in [0.15, 0.2) is 5.75 Å². The fraction of sp³-hybridized carbons (Fsp3) is 0.538. The maximum atomic E-state index is 11.1. The maximum absolute atomic E-state index is 11.1. The van der Waals surface area contributed by atoms with Gasteiger partial charge in [-0.1, -0.05) is 6.42 Å². The van der Waals surface area contributed by atoms with Crippen LogP contribution in [0, 0.1) is 10.1 Å². The van der Waals surface area contributed by atoms with Gasteiger partial charge in [-0.05, 0) is 31.0 Å². The molecule has 0 radical (unpaired) electrons. The lowest BCUT2D eigenvalue weighted by molar-refractivity contribution is -0.385. The third-order valence-electron chi connectivity index (χ3n) is 3.39.